The normalized spacial score (nSPS) is 18.0. The Bertz CT molecular complexity index is 475. The zero-order chi connectivity index (χ0) is 12.5. The summed E-state index contributed by atoms with van der Waals surface area (Å²) in [5.74, 6) is 0.822. The predicted octanol–water partition coefficient (Wildman–Crippen LogP) is 1.76. The largest absolute Gasteiger partial charge is 0.327 e. The number of rotatable bonds is 5. The monoisotopic (exact) mass is 253 g/mol. The molecule has 1 unspecified atom stereocenters. The van der Waals surface area contributed by atoms with Crippen LogP contribution in [0, 0.1) is 5.92 Å². The van der Waals surface area contributed by atoms with Crippen molar-refractivity contribution in [1.29, 1.82) is 0 Å². The van der Waals surface area contributed by atoms with Gasteiger partial charge in [-0.2, -0.15) is 0 Å². The summed E-state index contributed by atoms with van der Waals surface area (Å²) in [6.07, 6.45) is 3.32. The van der Waals surface area contributed by atoms with Crippen LogP contribution in [0.4, 0.5) is 0 Å². The van der Waals surface area contributed by atoms with Gasteiger partial charge in [-0.15, -0.1) is 0 Å². The van der Waals surface area contributed by atoms with Gasteiger partial charge in [0.2, 0.25) is 0 Å². The zero-order valence-corrected chi connectivity index (χ0v) is 10.9. The van der Waals surface area contributed by atoms with Crippen LogP contribution in [0.3, 0.4) is 0 Å². The first-order valence-electron chi connectivity index (χ1n) is 6.10. The van der Waals surface area contributed by atoms with Crippen molar-refractivity contribution in [3.63, 3.8) is 0 Å². The average Bonchev–Trinajstić information content (AvgIpc) is 3.13. The van der Waals surface area contributed by atoms with E-state index in [0.717, 1.165) is 12.0 Å². The highest BCUT2D eigenvalue weighted by Gasteiger charge is 2.28. The molecule has 94 valence electrons. The molecule has 1 atom stereocenters. The second-order valence-electron chi connectivity index (χ2n) is 4.75. The Hall–Kier alpha value is -0.870. The molecule has 0 radical (unpaired) electrons. The molecule has 1 saturated carbocycles. The first kappa shape index (κ1) is 12.6. The number of hydrogen-bond acceptors (Lipinski definition) is 3. The topological polar surface area (TPSA) is 60.2 Å². The maximum atomic E-state index is 11.6. The first-order chi connectivity index (χ1) is 8.03. The van der Waals surface area contributed by atoms with E-state index in [9.17, 15) is 8.42 Å². The van der Waals surface area contributed by atoms with Crippen LogP contribution < -0.4 is 5.73 Å². The fraction of sp³-hybridized carbons (Fsp3) is 0.538. The Morgan fingerprint density at radius 2 is 1.88 bits per heavy atom. The third-order valence-electron chi connectivity index (χ3n) is 3.36. The van der Waals surface area contributed by atoms with E-state index in [-0.39, 0.29) is 11.8 Å². The molecular weight excluding hydrogens is 234 g/mol. The summed E-state index contributed by atoms with van der Waals surface area (Å²) < 4.78 is 23.3. The van der Waals surface area contributed by atoms with E-state index in [1.807, 2.05) is 12.1 Å². The number of nitrogens with two attached hydrogens (primary N) is 1. The lowest BCUT2D eigenvalue weighted by Gasteiger charge is -2.10. The second kappa shape index (κ2) is 4.78. The second-order valence-corrected chi connectivity index (χ2v) is 7.03. The lowest BCUT2D eigenvalue weighted by Crippen LogP contribution is -2.24. The maximum absolute atomic E-state index is 11.6. The Labute approximate surface area is 103 Å². The van der Waals surface area contributed by atoms with Crippen LogP contribution in [0.5, 0.6) is 0 Å². The van der Waals surface area contributed by atoms with Gasteiger partial charge < -0.3 is 5.73 Å². The number of benzene rings is 1. The minimum absolute atomic E-state index is 0.147. The molecule has 17 heavy (non-hydrogen) atoms. The third kappa shape index (κ3) is 3.07. The predicted molar refractivity (Wildman–Crippen MR) is 68.6 cm³/mol. The van der Waals surface area contributed by atoms with Crippen LogP contribution in [-0.2, 0) is 16.3 Å². The van der Waals surface area contributed by atoms with Gasteiger partial charge in [-0.1, -0.05) is 19.1 Å². The van der Waals surface area contributed by atoms with Gasteiger partial charge in [-0.05, 0) is 42.9 Å². The van der Waals surface area contributed by atoms with E-state index in [1.165, 1.54) is 12.8 Å². The number of sulfone groups is 1. The average molecular weight is 253 g/mol. The van der Waals surface area contributed by atoms with E-state index in [0.29, 0.717) is 10.8 Å². The zero-order valence-electron chi connectivity index (χ0n) is 10.1. The fourth-order valence-electron chi connectivity index (χ4n) is 1.96. The third-order valence-corrected chi connectivity index (χ3v) is 5.11. The van der Waals surface area contributed by atoms with E-state index in [4.69, 9.17) is 5.73 Å². The highest BCUT2D eigenvalue weighted by Crippen LogP contribution is 2.32. The van der Waals surface area contributed by atoms with Gasteiger partial charge in [-0.3, -0.25) is 0 Å². The molecule has 0 amide bonds. The summed E-state index contributed by atoms with van der Waals surface area (Å²) in [6, 6.07) is 7.36. The summed E-state index contributed by atoms with van der Waals surface area (Å²) in [5, 5.41) is 0. The van der Waals surface area contributed by atoms with Crippen LogP contribution >= 0.6 is 0 Å². The van der Waals surface area contributed by atoms with Gasteiger partial charge in [0, 0.05) is 6.04 Å². The van der Waals surface area contributed by atoms with Crippen molar-refractivity contribution in [2.24, 2.45) is 11.7 Å². The molecule has 4 heteroatoms. The van der Waals surface area contributed by atoms with E-state index in [1.54, 1.807) is 19.1 Å². The van der Waals surface area contributed by atoms with Crippen LogP contribution in [0.1, 0.15) is 25.3 Å². The molecule has 0 bridgehead atoms. The quantitative estimate of drug-likeness (QED) is 0.870. The van der Waals surface area contributed by atoms with Crippen molar-refractivity contribution in [3.8, 4) is 0 Å². The minimum atomic E-state index is -3.08. The van der Waals surface area contributed by atoms with Crippen molar-refractivity contribution in [2.75, 3.05) is 5.75 Å². The molecule has 0 saturated heterocycles. The van der Waals surface area contributed by atoms with E-state index >= 15 is 0 Å². The van der Waals surface area contributed by atoms with Crippen molar-refractivity contribution >= 4 is 9.84 Å². The summed E-state index contributed by atoms with van der Waals surface area (Å²) in [5.41, 5.74) is 7.17. The molecule has 2 rings (SSSR count). The summed E-state index contributed by atoms with van der Waals surface area (Å²) in [7, 11) is -3.08. The van der Waals surface area contributed by atoms with Crippen LogP contribution in [0.15, 0.2) is 29.2 Å². The Kier molecular flexibility index (Phi) is 3.54. The van der Waals surface area contributed by atoms with Crippen molar-refractivity contribution in [2.45, 2.75) is 37.1 Å². The highest BCUT2D eigenvalue weighted by molar-refractivity contribution is 7.91. The van der Waals surface area contributed by atoms with Crippen LogP contribution in [0.25, 0.3) is 0 Å². The maximum Gasteiger partial charge on any atom is 0.178 e. The number of hydrogen-bond donors (Lipinski definition) is 1. The Morgan fingerprint density at radius 1 is 1.29 bits per heavy atom. The van der Waals surface area contributed by atoms with Crippen LogP contribution in [0.2, 0.25) is 0 Å². The molecule has 0 spiro atoms. The smallest absolute Gasteiger partial charge is 0.178 e. The Balaban J connectivity index is 2.07. The first-order valence-corrected chi connectivity index (χ1v) is 7.75. The van der Waals surface area contributed by atoms with E-state index < -0.39 is 9.84 Å². The standard InChI is InChI=1S/C13H19NO2S/c1-2-17(15,16)12-7-3-10(4-8-12)9-13(14)11-5-6-11/h3-4,7-8,11,13H,2,5-6,9,14H2,1H3. The summed E-state index contributed by atoms with van der Waals surface area (Å²) >= 11 is 0. The molecule has 3 nitrogen and oxygen atoms in total. The highest BCUT2D eigenvalue weighted by atomic mass is 32.2. The van der Waals surface area contributed by atoms with E-state index in [2.05, 4.69) is 0 Å². The summed E-state index contributed by atoms with van der Waals surface area (Å²) in [4.78, 5) is 0.406. The molecule has 1 aromatic carbocycles. The van der Waals surface area contributed by atoms with Crippen molar-refractivity contribution in [1.82, 2.24) is 0 Å². The molecule has 0 heterocycles. The van der Waals surface area contributed by atoms with Gasteiger partial charge in [0.1, 0.15) is 0 Å². The van der Waals surface area contributed by atoms with Gasteiger partial charge in [-0.25, -0.2) is 8.42 Å². The molecular formula is C13H19NO2S. The molecule has 2 N–H and O–H groups in total. The molecule has 0 aliphatic heterocycles. The molecule has 1 aliphatic rings. The molecule has 1 aliphatic carbocycles. The van der Waals surface area contributed by atoms with Crippen molar-refractivity contribution < 1.29 is 8.42 Å². The lowest BCUT2D eigenvalue weighted by molar-refractivity contribution is 0.590. The Morgan fingerprint density at radius 3 is 2.35 bits per heavy atom. The van der Waals surface area contributed by atoms with Crippen LogP contribution in [-0.4, -0.2) is 20.2 Å². The van der Waals surface area contributed by atoms with Gasteiger partial charge in [0.15, 0.2) is 9.84 Å². The van der Waals surface area contributed by atoms with Crippen molar-refractivity contribution in [3.05, 3.63) is 29.8 Å². The SMILES string of the molecule is CCS(=O)(=O)c1ccc(CC(N)C2CC2)cc1. The molecule has 1 aromatic rings. The summed E-state index contributed by atoms with van der Waals surface area (Å²) in [6.45, 7) is 1.66. The van der Waals surface area contributed by atoms with Gasteiger partial charge in [0.05, 0.1) is 10.6 Å². The lowest BCUT2D eigenvalue weighted by atomic mass is 10.0. The van der Waals surface area contributed by atoms with Gasteiger partial charge >= 0.3 is 0 Å². The minimum Gasteiger partial charge on any atom is -0.327 e. The van der Waals surface area contributed by atoms with Gasteiger partial charge in [0.25, 0.3) is 0 Å². The molecule has 1 fully saturated rings. The molecule has 0 aromatic heterocycles. The fourth-order valence-corrected chi connectivity index (χ4v) is 2.85.